The van der Waals surface area contributed by atoms with Crippen LogP contribution in [0.25, 0.3) is 112 Å². The Balaban J connectivity index is 1.03. The van der Waals surface area contributed by atoms with Gasteiger partial charge in [0.25, 0.3) is 0 Å². The number of pyridine rings is 1. The Morgan fingerprint density at radius 1 is 0.305 bits per heavy atom. The van der Waals surface area contributed by atoms with Gasteiger partial charge in [-0.2, -0.15) is 0 Å². The molecule has 0 spiro atoms. The van der Waals surface area contributed by atoms with Crippen LogP contribution in [0.2, 0.25) is 0 Å². The Labute approximate surface area is 341 Å². The molecule has 0 amide bonds. The van der Waals surface area contributed by atoms with Crippen LogP contribution < -0.4 is 0 Å². The van der Waals surface area contributed by atoms with Crippen LogP contribution in [0.5, 0.6) is 0 Å². The monoisotopic (exact) mass is 754 g/mol. The lowest BCUT2D eigenvalue weighted by molar-refractivity contribution is 0.669. The van der Waals surface area contributed by atoms with Crippen molar-refractivity contribution in [2.24, 2.45) is 0 Å². The molecule has 3 heterocycles. The van der Waals surface area contributed by atoms with Gasteiger partial charge in [-0.25, -0.2) is 19.9 Å². The van der Waals surface area contributed by atoms with Gasteiger partial charge in [0.15, 0.2) is 23.1 Å². The lowest BCUT2D eigenvalue weighted by atomic mass is 9.96. The number of aromatic nitrogens is 4. The van der Waals surface area contributed by atoms with Crippen LogP contribution in [-0.2, 0) is 0 Å². The maximum absolute atomic E-state index is 6.53. The summed E-state index contributed by atoms with van der Waals surface area (Å²) in [6.07, 6.45) is 0. The van der Waals surface area contributed by atoms with Gasteiger partial charge in [-0.05, 0) is 46.0 Å². The molecule has 11 rings (SSSR count). The summed E-state index contributed by atoms with van der Waals surface area (Å²) in [6, 6.07) is 71.0. The van der Waals surface area contributed by atoms with E-state index in [9.17, 15) is 0 Å². The fourth-order valence-corrected chi connectivity index (χ4v) is 8.03. The molecule has 5 nitrogen and oxygen atoms in total. The minimum absolute atomic E-state index is 0.594. The van der Waals surface area contributed by atoms with Crippen LogP contribution in [0.3, 0.4) is 0 Å². The molecule has 0 N–H and O–H groups in total. The average Bonchev–Trinajstić information content (AvgIpc) is 3.72. The van der Waals surface area contributed by atoms with Gasteiger partial charge in [-0.3, -0.25) is 0 Å². The van der Waals surface area contributed by atoms with Crippen LogP contribution in [0.4, 0.5) is 0 Å². The molecule has 11 aromatic rings. The molecule has 0 fully saturated rings. The van der Waals surface area contributed by atoms with Gasteiger partial charge in [0.2, 0.25) is 0 Å². The predicted octanol–water partition coefficient (Wildman–Crippen LogP) is 14.0. The van der Waals surface area contributed by atoms with Gasteiger partial charge in [0.1, 0.15) is 11.3 Å². The van der Waals surface area contributed by atoms with E-state index in [4.69, 9.17) is 24.4 Å². The van der Waals surface area contributed by atoms with E-state index >= 15 is 0 Å². The van der Waals surface area contributed by atoms with E-state index in [1.54, 1.807) is 0 Å². The molecule has 0 atom stereocenters. The van der Waals surface area contributed by atoms with E-state index in [1.807, 2.05) is 66.7 Å². The topological polar surface area (TPSA) is 64.7 Å². The summed E-state index contributed by atoms with van der Waals surface area (Å²) in [7, 11) is 0. The first-order valence-electron chi connectivity index (χ1n) is 19.7. The molecule has 59 heavy (non-hydrogen) atoms. The quantitative estimate of drug-likeness (QED) is 0.162. The second-order valence-electron chi connectivity index (χ2n) is 14.6. The maximum Gasteiger partial charge on any atom is 0.164 e. The van der Waals surface area contributed by atoms with Crippen molar-refractivity contribution >= 4 is 32.8 Å². The molecule has 3 aromatic heterocycles. The fraction of sp³-hybridized carbons (Fsp3) is 0. The van der Waals surface area contributed by atoms with E-state index in [2.05, 4.69) is 140 Å². The second-order valence-corrected chi connectivity index (χ2v) is 14.6. The van der Waals surface area contributed by atoms with Gasteiger partial charge in [0, 0.05) is 44.0 Å². The molecule has 5 heteroatoms. The maximum atomic E-state index is 6.53. The van der Waals surface area contributed by atoms with Crippen molar-refractivity contribution in [1.29, 1.82) is 0 Å². The summed E-state index contributed by atoms with van der Waals surface area (Å²) in [6.45, 7) is 0. The zero-order chi connectivity index (χ0) is 39.1. The molecule has 0 saturated carbocycles. The molecule has 0 aliphatic carbocycles. The van der Waals surface area contributed by atoms with E-state index in [0.717, 1.165) is 83.0 Å². The molecule has 276 valence electrons. The summed E-state index contributed by atoms with van der Waals surface area (Å²) in [4.78, 5) is 20.6. The van der Waals surface area contributed by atoms with Gasteiger partial charge in [-0.15, -0.1) is 0 Å². The van der Waals surface area contributed by atoms with Crippen LogP contribution >= 0.6 is 0 Å². The summed E-state index contributed by atoms with van der Waals surface area (Å²) >= 11 is 0. The van der Waals surface area contributed by atoms with E-state index < -0.39 is 0 Å². The first kappa shape index (κ1) is 34.2. The molecule has 0 unspecified atom stereocenters. The zero-order valence-corrected chi connectivity index (χ0v) is 31.8. The largest absolute Gasteiger partial charge is 0.454 e. The number of furan rings is 1. The van der Waals surface area contributed by atoms with Crippen LogP contribution in [0, 0.1) is 0 Å². The number of nitrogens with zero attached hydrogens (tertiary/aromatic N) is 4. The van der Waals surface area contributed by atoms with Crippen molar-refractivity contribution in [3.63, 3.8) is 0 Å². The van der Waals surface area contributed by atoms with E-state index in [1.165, 1.54) is 11.1 Å². The highest BCUT2D eigenvalue weighted by Crippen LogP contribution is 2.42. The average molecular weight is 755 g/mol. The molecule has 0 radical (unpaired) electrons. The first-order chi connectivity index (χ1) is 29.2. The van der Waals surface area contributed by atoms with Gasteiger partial charge in [-0.1, -0.05) is 188 Å². The van der Waals surface area contributed by atoms with Crippen LogP contribution in [-0.4, -0.2) is 19.9 Å². The Bertz CT molecular complexity index is 3310. The minimum atomic E-state index is 0.594. The summed E-state index contributed by atoms with van der Waals surface area (Å²) in [5.41, 5.74) is 13.7. The lowest BCUT2D eigenvalue weighted by Gasteiger charge is -2.12. The molecule has 8 aromatic carbocycles. The predicted molar refractivity (Wildman–Crippen MR) is 240 cm³/mol. The SMILES string of the molecule is c1ccc(-c2cccc(-c3ccc(-c4nc(-c5ccccc5)nc(-c5cccc(-c6cccc7c6nc(-c6ccccc6)c6oc8ccccc8c67)c5)n4)cc3)c2)cc1. The highest BCUT2D eigenvalue weighted by atomic mass is 16.3. The smallest absolute Gasteiger partial charge is 0.164 e. The summed E-state index contributed by atoms with van der Waals surface area (Å²) < 4.78 is 6.53. The number of benzene rings is 8. The van der Waals surface area contributed by atoms with Crippen LogP contribution in [0.1, 0.15) is 0 Å². The van der Waals surface area contributed by atoms with Gasteiger partial charge < -0.3 is 4.42 Å². The molecule has 0 saturated heterocycles. The number of hydrogen-bond donors (Lipinski definition) is 0. The van der Waals surface area contributed by atoms with Crippen molar-refractivity contribution < 1.29 is 4.42 Å². The number of para-hydroxylation sites is 2. The third-order valence-corrected chi connectivity index (χ3v) is 10.9. The van der Waals surface area contributed by atoms with Gasteiger partial charge in [0.05, 0.1) is 5.52 Å². The van der Waals surface area contributed by atoms with E-state index in [0.29, 0.717) is 17.5 Å². The van der Waals surface area contributed by atoms with Crippen LogP contribution in [0.15, 0.2) is 211 Å². The first-order valence-corrected chi connectivity index (χ1v) is 19.7. The van der Waals surface area contributed by atoms with Crippen molar-refractivity contribution in [2.75, 3.05) is 0 Å². The Kier molecular flexibility index (Phi) is 8.41. The normalized spacial score (nSPS) is 11.4. The van der Waals surface area contributed by atoms with Crippen molar-refractivity contribution in [1.82, 2.24) is 19.9 Å². The Morgan fingerprint density at radius 2 is 0.763 bits per heavy atom. The lowest BCUT2D eigenvalue weighted by Crippen LogP contribution is -2.00. The summed E-state index contributed by atoms with van der Waals surface area (Å²) in [5.74, 6) is 1.82. The number of fused-ring (bicyclic) bond motifs is 5. The van der Waals surface area contributed by atoms with Crippen molar-refractivity contribution in [2.45, 2.75) is 0 Å². The molecule has 0 bridgehead atoms. The molecule has 0 aliphatic heterocycles. The molecular formula is C54H34N4O. The molecule has 0 aliphatic rings. The highest BCUT2D eigenvalue weighted by Gasteiger charge is 2.20. The number of rotatable bonds is 7. The standard InChI is InChI=1S/C54H34N4O/c1-4-15-35(16-5-1)40-21-12-22-41(33-40)36-29-31-39(32-30-36)53-56-52(38-19-8-3-9-20-38)57-54(58-53)43-24-13-23-42(34-43)44-26-14-27-46-48-45-25-10-11-28-47(45)59-51(48)49(55-50(44)46)37-17-6-2-7-18-37/h1-34H. The molecular weight excluding hydrogens is 721 g/mol. The highest BCUT2D eigenvalue weighted by molar-refractivity contribution is 6.22. The Hall–Kier alpha value is -8.02. The minimum Gasteiger partial charge on any atom is -0.454 e. The fourth-order valence-electron chi connectivity index (χ4n) is 8.03. The number of hydrogen-bond acceptors (Lipinski definition) is 5. The van der Waals surface area contributed by atoms with Crippen molar-refractivity contribution in [3.05, 3.63) is 206 Å². The third kappa shape index (κ3) is 6.32. The Morgan fingerprint density at radius 3 is 1.46 bits per heavy atom. The van der Waals surface area contributed by atoms with Gasteiger partial charge >= 0.3 is 0 Å². The second kappa shape index (κ2) is 14.5. The summed E-state index contributed by atoms with van der Waals surface area (Å²) in [5, 5.41) is 3.17. The zero-order valence-electron chi connectivity index (χ0n) is 31.8. The van der Waals surface area contributed by atoms with Crippen molar-refractivity contribution in [3.8, 4) is 78.8 Å². The van der Waals surface area contributed by atoms with E-state index in [-0.39, 0.29) is 0 Å². The third-order valence-electron chi connectivity index (χ3n) is 10.9.